The van der Waals surface area contributed by atoms with E-state index in [2.05, 4.69) is 13.8 Å². The molecule has 0 aliphatic carbocycles. The van der Waals surface area contributed by atoms with Crippen molar-refractivity contribution in [2.24, 2.45) is 0 Å². The molecule has 0 amide bonds. The quantitative estimate of drug-likeness (QED) is 0.0704. The number of hydrogen-bond acceptors (Lipinski definition) is 3. The number of carboxylic acids is 1. The standard InChI is InChI=1S/C34H66O4/c1-3-5-7-9-11-12-13-14-15-16-18-23-27-31-34(37)38-32(28-24-20-17-10-8-6-4-2)29-25-21-19-22-26-30-33(35)36/h32H,3-31H2,1-2H3,(H,35,36)/t32-/m0/s1. The first-order chi connectivity index (χ1) is 18.6. The molecular weight excluding hydrogens is 472 g/mol. The number of carbonyl (C=O) groups excluding carboxylic acids is 1. The summed E-state index contributed by atoms with van der Waals surface area (Å²) in [5.74, 6) is -0.697. The number of unbranched alkanes of at least 4 members (excludes halogenated alkanes) is 22. The molecule has 38 heavy (non-hydrogen) atoms. The predicted molar refractivity (Wildman–Crippen MR) is 163 cm³/mol. The lowest BCUT2D eigenvalue weighted by atomic mass is 10.0. The molecule has 0 aliphatic heterocycles. The van der Waals surface area contributed by atoms with Crippen molar-refractivity contribution >= 4 is 11.9 Å². The average Bonchev–Trinajstić information content (AvgIpc) is 2.89. The number of rotatable bonds is 31. The van der Waals surface area contributed by atoms with Crippen molar-refractivity contribution in [3.8, 4) is 0 Å². The summed E-state index contributed by atoms with van der Waals surface area (Å²) in [4.78, 5) is 23.2. The first kappa shape index (κ1) is 36.9. The van der Waals surface area contributed by atoms with E-state index in [1.807, 2.05) is 0 Å². The lowest BCUT2D eigenvalue weighted by Gasteiger charge is -2.18. The molecule has 1 atom stereocenters. The molecule has 0 bridgehead atoms. The first-order valence-corrected chi connectivity index (χ1v) is 17.0. The van der Waals surface area contributed by atoms with Crippen molar-refractivity contribution in [1.82, 2.24) is 0 Å². The van der Waals surface area contributed by atoms with E-state index in [-0.39, 0.29) is 18.5 Å². The number of carbonyl (C=O) groups is 2. The van der Waals surface area contributed by atoms with Crippen molar-refractivity contribution in [2.75, 3.05) is 0 Å². The van der Waals surface area contributed by atoms with E-state index in [1.165, 1.54) is 109 Å². The minimum atomic E-state index is -0.699. The highest BCUT2D eigenvalue weighted by atomic mass is 16.5. The summed E-state index contributed by atoms with van der Waals surface area (Å²) < 4.78 is 5.95. The second-order valence-corrected chi connectivity index (χ2v) is 11.7. The van der Waals surface area contributed by atoms with Gasteiger partial charge in [-0.15, -0.1) is 0 Å². The van der Waals surface area contributed by atoms with Gasteiger partial charge >= 0.3 is 11.9 Å². The van der Waals surface area contributed by atoms with Crippen molar-refractivity contribution in [3.63, 3.8) is 0 Å². The zero-order chi connectivity index (χ0) is 27.9. The Morgan fingerprint density at radius 1 is 0.474 bits per heavy atom. The maximum Gasteiger partial charge on any atom is 0.306 e. The van der Waals surface area contributed by atoms with Crippen LogP contribution in [0.1, 0.15) is 200 Å². The van der Waals surface area contributed by atoms with E-state index in [1.54, 1.807) is 0 Å². The van der Waals surface area contributed by atoms with Gasteiger partial charge in [-0.1, -0.05) is 149 Å². The van der Waals surface area contributed by atoms with Crippen LogP contribution in [0, 0.1) is 0 Å². The summed E-state index contributed by atoms with van der Waals surface area (Å²) in [5, 5.41) is 8.76. The molecule has 0 saturated carbocycles. The summed E-state index contributed by atoms with van der Waals surface area (Å²) >= 11 is 0. The fourth-order valence-corrected chi connectivity index (χ4v) is 5.30. The van der Waals surface area contributed by atoms with Gasteiger partial charge in [0, 0.05) is 12.8 Å². The molecule has 4 heteroatoms. The number of aliphatic carboxylic acids is 1. The van der Waals surface area contributed by atoms with Crippen LogP contribution in [-0.4, -0.2) is 23.1 Å². The molecule has 4 nitrogen and oxygen atoms in total. The maximum atomic E-state index is 12.5. The summed E-state index contributed by atoms with van der Waals surface area (Å²) in [5.41, 5.74) is 0. The molecule has 0 heterocycles. The van der Waals surface area contributed by atoms with Crippen molar-refractivity contribution in [3.05, 3.63) is 0 Å². The molecule has 0 aromatic carbocycles. The van der Waals surface area contributed by atoms with Gasteiger partial charge in [-0.3, -0.25) is 9.59 Å². The Balaban J connectivity index is 3.94. The van der Waals surface area contributed by atoms with Crippen LogP contribution >= 0.6 is 0 Å². The molecule has 0 saturated heterocycles. The zero-order valence-electron chi connectivity index (χ0n) is 25.8. The third-order valence-corrected chi connectivity index (χ3v) is 7.83. The van der Waals surface area contributed by atoms with Gasteiger partial charge in [0.05, 0.1) is 0 Å². The lowest BCUT2D eigenvalue weighted by molar-refractivity contribution is -0.150. The number of hydrogen-bond donors (Lipinski definition) is 1. The van der Waals surface area contributed by atoms with Gasteiger partial charge in [0.15, 0.2) is 0 Å². The van der Waals surface area contributed by atoms with E-state index in [9.17, 15) is 9.59 Å². The highest BCUT2D eigenvalue weighted by Crippen LogP contribution is 2.19. The highest BCUT2D eigenvalue weighted by Gasteiger charge is 2.14. The van der Waals surface area contributed by atoms with Crippen molar-refractivity contribution in [1.29, 1.82) is 0 Å². The van der Waals surface area contributed by atoms with Crippen molar-refractivity contribution in [2.45, 2.75) is 206 Å². The van der Waals surface area contributed by atoms with E-state index in [0.717, 1.165) is 64.2 Å². The molecule has 226 valence electrons. The summed E-state index contributed by atoms with van der Waals surface area (Å²) in [6.07, 6.45) is 34.0. The van der Waals surface area contributed by atoms with E-state index < -0.39 is 5.97 Å². The van der Waals surface area contributed by atoms with Crippen LogP contribution in [0.2, 0.25) is 0 Å². The molecular formula is C34H66O4. The first-order valence-electron chi connectivity index (χ1n) is 17.0. The second-order valence-electron chi connectivity index (χ2n) is 11.7. The van der Waals surface area contributed by atoms with Gasteiger partial charge in [-0.2, -0.15) is 0 Å². The summed E-state index contributed by atoms with van der Waals surface area (Å²) in [6.45, 7) is 4.53. The second kappa shape index (κ2) is 30.5. The average molecular weight is 539 g/mol. The van der Waals surface area contributed by atoms with E-state index in [0.29, 0.717) is 6.42 Å². The Kier molecular flexibility index (Phi) is 29.6. The molecule has 0 radical (unpaired) electrons. The van der Waals surface area contributed by atoms with Gasteiger partial charge in [0.25, 0.3) is 0 Å². The third-order valence-electron chi connectivity index (χ3n) is 7.83. The minimum Gasteiger partial charge on any atom is -0.481 e. The Morgan fingerprint density at radius 2 is 0.789 bits per heavy atom. The normalized spacial score (nSPS) is 12.1. The number of ether oxygens (including phenoxy) is 1. The Labute approximate surface area is 237 Å². The van der Waals surface area contributed by atoms with Crippen LogP contribution in [0.25, 0.3) is 0 Å². The lowest BCUT2D eigenvalue weighted by Crippen LogP contribution is -2.18. The van der Waals surface area contributed by atoms with Crippen LogP contribution in [0.15, 0.2) is 0 Å². The Morgan fingerprint density at radius 3 is 1.16 bits per heavy atom. The summed E-state index contributed by atoms with van der Waals surface area (Å²) in [6, 6.07) is 0. The topological polar surface area (TPSA) is 63.6 Å². The fourth-order valence-electron chi connectivity index (χ4n) is 5.30. The molecule has 0 spiro atoms. The van der Waals surface area contributed by atoms with Crippen LogP contribution in [0.3, 0.4) is 0 Å². The number of esters is 1. The molecule has 0 aliphatic rings. The molecule has 1 N–H and O–H groups in total. The molecule has 0 unspecified atom stereocenters. The SMILES string of the molecule is CCCCCCCCCCCCCCCC(=O)O[C@@H](CCCCCCCCC)CCCCCCCC(=O)O. The van der Waals surface area contributed by atoms with Crippen LogP contribution in [0.4, 0.5) is 0 Å². The van der Waals surface area contributed by atoms with E-state index in [4.69, 9.17) is 9.84 Å². The van der Waals surface area contributed by atoms with Gasteiger partial charge in [-0.25, -0.2) is 0 Å². The molecule has 0 aromatic rings. The zero-order valence-corrected chi connectivity index (χ0v) is 25.8. The van der Waals surface area contributed by atoms with Gasteiger partial charge in [-0.05, 0) is 38.5 Å². The monoisotopic (exact) mass is 538 g/mol. The van der Waals surface area contributed by atoms with Gasteiger partial charge < -0.3 is 9.84 Å². The highest BCUT2D eigenvalue weighted by molar-refractivity contribution is 5.69. The maximum absolute atomic E-state index is 12.5. The fraction of sp³-hybridized carbons (Fsp3) is 0.941. The molecule has 0 aromatic heterocycles. The summed E-state index contributed by atoms with van der Waals surface area (Å²) in [7, 11) is 0. The smallest absolute Gasteiger partial charge is 0.306 e. The third kappa shape index (κ3) is 29.5. The predicted octanol–water partition coefficient (Wildman–Crippen LogP) is 11.3. The number of carboxylic acid groups (broad SMARTS) is 1. The van der Waals surface area contributed by atoms with Gasteiger partial charge in [0.1, 0.15) is 6.10 Å². The van der Waals surface area contributed by atoms with Crippen LogP contribution < -0.4 is 0 Å². The van der Waals surface area contributed by atoms with Crippen molar-refractivity contribution < 1.29 is 19.4 Å². The largest absolute Gasteiger partial charge is 0.481 e. The molecule has 0 rings (SSSR count). The molecule has 0 fully saturated rings. The Hall–Kier alpha value is -1.06. The van der Waals surface area contributed by atoms with E-state index >= 15 is 0 Å². The minimum absolute atomic E-state index is 0.00229. The van der Waals surface area contributed by atoms with Crippen LogP contribution in [-0.2, 0) is 14.3 Å². The Bertz CT molecular complexity index is 505. The van der Waals surface area contributed by atoms with Crippen LogP contribution in [0.5, 0.6) is 0 Å². The van der Waals surface area contributed by atoms with Gasteiger partial charge in [0.2, 0.25) is 0 Å².